The first-order valence-corrected chi connectivity index (χ1v) is 8.20. The van der Waals surface area contributed by atoms with E-state index in [4.69, 9.17) is 10.4 Å². The van der Waals surface area contributed by atoms with Crippen molar-refractivity contribution in [1.29, 1.82) is 5.26 Å². The zero-order valence-corrected chi connectivity index (χ0v) is 14.1. The topological polar surface area (TPSA) is 129 Å². The van der Waals surface area contributed by atoms with Gasteiger partial charge in [-0.25, -0.2) is 9.97 Å². The average Bonchev–Trinajstić information content (AvgIpc) is 2.65. The predicted molar refractivity (Wildman–Crippen MR) is 91.7 cm³/mol. The van der Waals surface area contributed by atoms with Crippen LogP contribution in [-0.4, -0.2) is 31.9 Å². The van der Waals surface area contributed by atoms with Crippen molar-refractivity contribution in [2.24, 2.45) is 0 Å². The summed E-state index contributed by atoms with van der Waals surface area (Å²) in [4.78, 5) is 35.3. The summed E-state index contributed by atoms with van der Waals surface area (Å²) in [5, 5.41) is 20.5. The fourth-order valence-electron chi connectivity index (χ4n) is 2.39. The number of carboxylic acid groups (broad SMARTS) is 1. The van der Waals surface area contributed by atoms with Gasteiger partial charge in [0.05, 0.1) is 18.0 Å². The van der Waals surface area contributed by atoms with Crippen LogP contribution in [0.1, 0.15) is 48.7 Å². The number of nitriles is 1. The van der Waals surface area contributed by atoms with Gasteiger partial charge in [-0.1, -0.05) is 6.07 Å². The zero-order chi connectivity index (χ0) is 18.8. The van der Waals surface area contributed by atoms with E-state index in [1.54, 1.807) is 24.5 Å². The molecule has 2 N–H and O–H groups in total. The van der Waals surface area contributed by atoms with E-state index < -0.39 is 12.0 Å². The first-order chi connectivity index (χ1) is 12.6. The molecule has 0 aliphatic rings. The fraction of sp³-hybridized carbons (Fsp3) is 0.333. The third-order valence-corrected chi connectivity index (χ3v) is 3.69. The quantitative estimate of drug-likeness (QED) is 0.657. The second kappa shape index (κ2) is 9.84. The Morgan fingerprint density at radius 2 is 2.00 bits per heavy atom. The number of rotatable bonds is 9. The minimum absolute atomic E-state index is 0.198. The smallest absolute Gasteiger partial charge is 0.305 e. The number of nitrogens with zero attached hydrogens (tertiary/aromatic N) is 4. The van der Waals surface area contributed by atoms with Gasteiger partial charge in [0.2, 0.25) is 5.91 Å². The number of hydrogen-bond donors (Lipinski definition) is 2. The van der Waals surface area contributed by atoms with Gasteiger partial charge in [-0.05, 0) is 24.5 Å². The highest BCUT2D eigenvalue weighted by molar-refractivity contribution is 5.77. The molecule has 0 spiro atoms. The molecule has 0 radical (unpaired) electrons. The number of pyridine rings is 1. The molecule has 8 nitrogen and oxygen atoms in total. The molecule has 1 atom stereocenters. The maximum Gasteiger partial charge on any atom is 0.305 e. The average molecular weight is 353 g/mol. The lowest BCUT2D eigenvalue weighted by molar-refractivity contribution is -0.137. The molecule has 2 aromatic heterocycles. The van der Waals surface area contributed by atoms with Crippen molar-refractivity contribution in [3.05, 3.63) is 53.9 Å². The molecule has 0 bridgehead atoms. The second-order valence-corrected chi connectivity index (χ2v) is 5.71. The van der Waals surface area contributed by atoms with Crippen LogP contribution in [0.4, 0.5) is 0 Å². The molecule has 134 valence electrons. The molecular weight excluding hydrogens is 334 g/mol. The predicted octanol–water partition coefficient (Wildman–Crippen LogP) is 1.79. The van der Waals surface area contributed by atoms with Crippen molar-refractivity contribution in [3.63, 3.8) is 0 Å². The van der Waals surface area contributed by atoms with Crippen molar-refractivity contribution in [2.45, 2.75) is 38.1 Å². The maximum absolute atomic E-state index is 12.1. The Labute approximate surface area is 150 Å². The highest BCUT2D eigenvalue weighted by atomic mass is 16.4. The zero-order valence-electron chi connectivity index (χ0n) is 14.1. The summed E-state index contributed by atoms with van der Waals surface area (Å²) in [5.74, 6) is -0.568. The molecule has 0 saturated carbocycles. The van der Waals surface area contributed by atoms with Crippen LogP contribution in [0.2, 0.25) is 0 Å². The van der Waals surface area contributed by atoms with Crippen molar-refractivity contribution in [3.8, 4) is 6.07 Å². The van der Waals surface area contributed by atoms with Gasteiger partial charge in [-0.2, -0.15) is 5.26 Å². The minimum atomic E-state index is -0.989. The van der Waals surface area contributed by atoms with Crippen LogP contribution in [0.15, 0.2) is 36.9 Å². The van der Waals surface area contributed by atoms with E-state index >= 15 is 0 Å². The highest BCUT2D eigenvalue weighted by Crippen LogP contribution is 2.16. The molecule has 0 fully saturated rings. The van der Waals surface area contributed by atoms with Gasteiger partial charge in [0.15, 0.2) is 0 Å². The summed E-state index contributed by atoms with van der Waals surface area (Å²) in [7, 11) is 0. The van der Waals surface area contributed by atoms with E-state index in [9.17, 15) is 9.59 Å². The third-order valence-electron chi connectivity index (χ3n) is 3.69. The number of aromatic nitrogens is 3. The first kappa shape index (κ1) is 19.0. The Morgan fingerprint density at radius 3 is 2.62 bits per heavy atom. The van der Waals surface area contributed by atoms with Gasteiger partial charge >= 0.3 is 5.97 Å². The van der Waals surface area contributed by atoms with Gasteiger partial charge in [-0.3, -0.25) is 14.6 Å². The molecule has 0 saturated heterocycles. The number of hydrogen-bond acceptors (Lipinski definition) is 6. The molecule has 0 aliphatic carbocycles. The number of nitrogens with one attached hydrogen (secondary N) is 1. The Balaban J connectivity index is 1.78. The maximum atomic E-state index is 12.1. The van der Waals surface area contributed by atoms with Crippen LogP contribution in [0, 0.1) is 11.3 Å². The van der Waals surface area contributed by atoms with Gasteiger partial charge in [0.1, 0.15) is 11.9 Å². The molecule has 2 rings (SSSR count). The molecule has 2 heterocycles. The number of amides is 1. The number of aliphatic carboxylic acids is 1. The number of unbranched alkanes of at least 4 members (excludes halogenated alkanes) is 1. The van der Waals surface area contributed by atoms with Crippen LogP contribution < -0.4 is 5.32 Å². The number of carboxylic acids is 1. The molecule has 2 aromatic rings. The van der Waals surface area contributed by atoms with Crippen LogP contribution in [0.5, 0.6) is 0 Å². The summed E-state index contributed by atoms with van der Waals surface area (Å²) < 4.78 is 0. The van der Waals surface area contributed by atoms with E-state index in [-0.39, 0.29) is 18.7 Å². The van der Waals surface area contributed by atoms with Crippen molar-refractivity contribution >= 4 is 11.9 Å². The van der Waals surface area contributed by atoms with Crippen LogP contribution in [0.25, 0.3) is 0 Å². The monoisotopic (exact) mass is 353 g/mol. The highest BCUT2D eigenvalue weighted by Gasteiger charge is 2.18. The standard InChI is InChI=1S/C18H19N5O3/c19-9-13-10-21-16(22-11-13)5-1-2-6-17(24)23-15(8-18(25)26)14-4-3-7-20-12-14/h3-4,7,10-12,15H,1-2,5-6,8H2,(H,23,24)(H,25,26). The Kier molecular flexibility index (Phi) is 7.18. The lowest BCUT2D eigenvalue weighted by Gasteiger charge is -2.17. The van der Waals surface area contributed by atoms with Crippen LogP contribution >= 0.6 is 0 Å². The summed E-state index contributed by atoms with van der Waals surface area (Å²) in [6.07, 6.45) is 8.13. The Bertz CT molecular complexity index is 772. The van der Waals surface area contributed by atoms with Crippen LogP contribution in [0.3, 0.4) is 0 Å². The summed E-state index contributed by atoms with van der Waals surface area (Å²) in [6, 6.07) is 4.80. The summed E-state index contributed by atoms with van der Waals surface area (Å²) in [6.45, 7) is 0. The molecule has 8 heteroatoms. The van der Waals surface area contributed by atoms with E-state index in [0.29, 0.717) is 29.8 Å². The number of aryl methyl sites for hydroxylation is 1. The van der Waals surface area contributed by atoms with Crippen molar-refractivity contribution < 1.29 is 14.7 Å². The minimum Gasteiger partial charge on any atom is -0.481 e. The largest absolute Gasteiger partial charge is 0.481 e. The van der Waals surface area contributed by atoms with E-state index in [0.717, 1.165) is 6.42 Å². The summed E-state index contributed by atoms with van der Waals surface area (Å²) in [5.41, 5.74) is 1.07. The Hall–Kier alpha value is -3.34. The molecule has 0 aromatic carbocycles. The van der Waals surface area contributed by atoms with Crippen molar-refractivity contribution in [2.75, 3.05) is 0 Å². The molecule has 26 heavy (non-hydrogen) atoms. The normalized spacial score (nSPS) is 11.3. The van der Waals surface area contributed by atoms with Gasteiger partial charge in [-0.15, -0.1) is 0 Å². The third kappa shape index (κ3) is 6.28. The van der Waals surface area contributed by atoms with Crippen LogP contribution in [-0.2, 0) is 16.0 Å². The van der Waals surface area contributed by atoms with E-state index in [2.05, 4.69) is 20.3 Å². The Morgan fingerprint density at radius 1 is 1.23 bits per heavy atom. The first-order valence-electron chi connectivity index (χ1n) is 8.20. The molecule has 1 amide bonds. The van der Waals surface area contributed by atoms with Gasteiger partial charge < -0.3 is 10.4 Å². The SMILES string of the molecule is N#Cc1cnc(CCCCC(=O)NC(CC(=O)O)c2cccnc2)nc1. The van der Waals surface area contributed by atoms with E-state index in [1.165, 1.54) is 12.4 Å². The van der Waals surface area contributed by atoms with Crippen molar-refractivity contribution in [1.82, 2.24) is 20.3 Å². The molecule has 1 unspecified atom stereocenters. The molecular formula is C18H19N5O3. The lowest BCUT2D eigenvalue weighted by Crippen LogP contribution is -2.30. The number of carbonyl (C=O) groups is 2. The number of carbonyl (C=O) groups excluding carboxylic acids is 1. The second-order valence-electron chi connectivity index (χ2n) is 5.71. The molecule has 0 aliphatic heterocycles. The van der Waals surface area contributed by atoms with Gasteiger partial charge in [0, 0.05) is 37.6 Å². The van der Waals surface area contributed by atoms with E-state index in [1.807, 2.05) is 6.07 Å². The van der Waals surface area contributed by atoms with Gasteiger partial charge in [0.25, 0.3) is 0 Å². The fourth-order valence-corrected chi connectivity index (χ4v) is 2.39. The summed E-state index contributed by atoms with van der Waals surface area (Å²) >= 11 is 0. The lowest BCUT2D eigenvalue weighted by atomic mass is 10.1.